The van der Waals surface area contributed by atoms with Gasteiger partial charge < -0.3 is 4.90 Å². The zero-order valence-electron chi connectivity index (χ0n) is 10.5. The van der Waals surface area contributed by atoms with Crippen LogP contribution in [-0.2, 0) is 9.84 Å². The van der Waals surface area contributed by atoms with Crippen LogP contribution >= 0.6 is 0 Å². The van der Waals surface area contributed by atoms with Crippen LogP contribution in [0, 0.1) is 5.92 Å². The van der Waals surface area contributed by atoms with E-state index in [2.05, 4.69) is 11.1 Å². The average molecular weight is 273 g/mol. The van der Waals surface area contributed by atoms with Gasteiger partial charge in [-0.2, -0.15) is 0 Å². The van der Waals surface area contributed by atoms with Crippen molar-refractivity contribution in [2.75, 3.05) is 13.1 Å². The normalized spacial score (nSPS) is 24.1. The molecule has 4 aliphatic heterocycles. The summed E-state index contributed by atoms with van der Waals surface area (Å²) in [7, 11) is -3.30. The Bertz CT molecular complexity index is 707. The monoisotopic (exact) mass is 273 g/mol. The zero-order chi connectivity index (χ0) is 13.0. The highest BCUT2D eigenvalue weighted by atomic mass is 32.2. The molecule has 0 atom stereocenters. The Labute approximate surface area is 113 Å². The maximum absolute atomic E-state index is 12.6. The summed E-state index contributed by atoms with van der Waals surface area (Å²) >= 11 is 0. The van der Waals surface area contributed by atoms with Crippen LogP contribution in [-0.4, -0.2) is 26.4 Å². The highest BCUT2D eigenvalue weighted by Crippen LogP contribution is 2.43. The first-order valence-electron chi connectivity index (χ1n) is 6.68. The van der Waals surface area contributed by atoms with Gasteiger partial charge in [-0.15, -0.1) is 0 Å². The minimum atomic E-state index is -3.30. The quantitative estimate of drug-likeness (QED) is 0.788. The highest BCUT2D eigenvalue weighted by Gasteiger charge is 2.37. The van der Waals surface area contributed by atoms with Crippen LogP contribution in [0.4, 0.5) is 0 Å². The Hall–Kier alpha value is -1.55. The Morgan fingerprint density at radius 1 is 1.11 bits per heavy atom. The number of piperidine rings is 1. The number of hydrogen-bond donors (Lipinski definition) is 0. The molecule has 0 N–H and O–H groups in total. The molecule has 0 radical (unpaired) electrons. The molecule has 98 valence electrons. The first-order valence-corrected chi connectivity index (χ1v) is 8.16. The van der Waals surface area contributed by atoms with Crippen molar-refractivity contribution >= 4 is 15.9 Å². The first-order chi connectivity index (χ1) is 9.16. The second-order valence-corrected chi connectivity index (χ2v) is 7.33. The summed E-state index contributed by atoms with van der Waals surface area (Å²) in [6.07, 6.45) is 6.06. The topological polar surface area (TPSA) is 37.4 Å². The molecule has 4 heterocycles. The summed E-state index contributed by atoms with van der Waals surface area (Å²) in [6, 6.07) is 7.26. The van der Waals surface area contributed by atoms with Gasteiger partial charge in [0.25, 0.3) is 0 Å². The fourth-order valence-electron chi connectivity index (χ4n) is 3.33. The first kappa shape index (κ1) is 11.3. The number of rotatable bonds is 1. The van der Waals surface area contributed by atoms with Gasteiger partial charge in [0, 0.05) is 19.3 Å². The van der Waals surface area contributed by atoms with Crippen LogP contribution in [0.3, 0.4) is 0 Å². The lowest BCUT2D eigenvalue weighted by Gasteiger charge is -2.39. The highest BCUT2D eigenvalue weighted by molar-refractivity contribution is 7.96. The van der Waals surface area contributed by atoms with Crippen molar-refractivity contribution in [2.45, 2.75) is 17.7 Å². The van der Waals surface area contributed by atoms with E-state index in [1.54, 1.807) is 12.1 Å². The summed E-state index contributed by atoms with van der Waals surface area (Å²) in [5.74, 6) is 0.417. The minimum absolute atomic E-state index is 0.417. The van der Waals surface area contributed by atoms with E-state index in [1.807, 2.05) is 18.2 Å². The Kier molecular flexibility index (Phi) is 2.22. The predicted octanol–water partition coefficient (Wildman–Crippen LogP) is 2.42. The van der Waals surface area contributed by atoms with E-state index < -0.39 is 9.84 Å². The Balaban J connectivity index is 1.87. The van der Waals surface area contributed by atoms with Crippen LogP contribution in [0.2, 0.25) is 0 Å². The van der Waals surface area contributed by atoms with Crippen molar-refractivity contribution in [3.63, 3.8) is 0 Å². The van der Waals surface area contributed by atoms with Crippen molar-refractivity contribution in [3.05, 3.63) is 46.5 Å². The van der Waals surface area contributed by atoms with Gasteiger partial charge in [0.15, 0.2) is 0 Å². The average Bonchev–Trinajstić information content (AvgIpc) is 2.72. The molecule has 0 spiro atoms. The van der Waals surface area contributed by atoms with Gasteiger partial charge in [-0.1, -0.05) is 18.2 Å². The fraction of sp³-hybridized carbons (Fsp3) is 0.333. The molecule has 0 amide bonds. The van der Waals surface area contributed by atoms with Gasteiger partial charge in [-0.3, -0.25) is 0 Å². The van der Waals surface area contributed by atoms with Gasteiger partial charge in [-0.25, -0.2) is 8.42 Å². The van der Waals surface area contributed by atoms with E-state index >= 15 is 0 Å². The summed E-state index contributed by atoms with van der Waals surface area (Å²) in [4.78, 5) is 3.24. The lowest BCUT2D eigenvalue weighted by molar-refractivity contribution is 0.234. The molecule has 1 aromatic rings. The van der Waals surface area contributed by atoms with Gasteiger partial charge in [0.05, 0.1) is 9.80 Å². The molecular formula is C15H15NO2S. The maximum Gasteiger partial charge on any atom is 0.207 e. The lowest BCUT2D eigenvalue weighted by Crippen LogP contribution is -2.36. The standard InChI is InChI=1S/C15H15NO2S/c17-19(18)14-4-2-1-3-12(14)9-15(19)13-10-16-7-5-11(13)6-8-16/h1-4,9-11H,5-8H2. The van der Waals surface area contributed by atoms with Crippen molar-refractivity contribution in [1.29, 1.82) is 0 Å². The molecule has 1 saturated heterocycles. The number of sulfone groups is 1. The molecule has 0 aliphatic carbocycles. The Morgan fingerprint density at radius 2 is 1.84 bits per heavy atom. The van der Waals surface area contributed by atoms with E-state index in [-0.39, 0.29) is 0 Å². The van der Waals surface area contributed by atoms with Gasteiger partial charge in [0.1, 0.15) is 0 Å². The van der Waals surface area contributed by atoms with Crippen LogP contribution in [0.5, 0.6) is 0 Å². The molecule has 5 rings (SSSR count). The van der Waals surface area contributed by atoms with E-state index in [0.29, 0.717) is 15.7 Å². The molecule has 0 aromatic heterocycles. The molecule has 19 heavy (non-hydrogen) atoms. The van der Waals surface area contributed by atoms with Crippen molar-refractivity contribution in [2.24, 2.45) is 5.92 Å². The fourth-order valence-corrected chi connectivity index (χ4v) is 5.07. The van der Waals surface area contributed by atoms with Crippen molar-refractivity contribution < 1.29 is 8.42 Å². The third-order valence-corrected chi connectivity index (χ3v) is 6.24. The van der Waals surface area contributed by atoms with Crippen molar-refractivity contribution in [1.82, 2.24) is 4.90 Å². The molecule has 0 unspecified atom stereocenters. The number of fused-ring (bicyclic) bond motifs is 3. The molecule has 0 saturated carbocycles. The smallest absolute Gasteiger partial charge is 0.207 e. The number of benzene rings is 1. The lowest BCUT2D eigenvalue weighted by atomic mass is 9.85. The SMILES string of the molecule is O=S1(=O)C(C2=CN3CCC2CC3)=Cc2ccccc21. The summed E-state index contributed by atoms with van der Waals surface area (Å²) in [6.45, 7) is 2.13. The molecule has 1 aromatic carbocycles. The molecular weight excluding hydrogens is 258 g/mol. The Morgan fingerprint density at radius 3 is 2.47 bits per heavy atom. The number of nitrogens with zero attached hydrogens (tertiary/aromatic N) is 1. The molecule has 4 heteroatoms. The second kappa shape index (κ2) is 3.73. The van der Waals surface area contributed by atoms with E-state index in [0.717, 1.165) is 37.1 Å². The molecule has 2 bridgehead atoms. The van der Waals surface area contributed by atoms with E-state index in [9.17, 15) is 8.42 Å². The molecule has 3 nitrogen and oxygen atoms in total. The van der Waals surface area contributed by atoms with Gasteiger partial charge >= 0.3 is 0 Å². The summed E-state index contributed by atoms with van der Waals surface area (Å²) < 4.78 is 25.3. The van der Waals surface area contributed by atoms with Gasteiger partial charge in [0.2, 0.25) is 9.84 Å². The minimum Gasteiger partial charge on any atom is -0.377 e. The van der Waals surface area contributed by atoms with Crippen LogP contribution in [0.25, 0.3) is 6.08 Å². The van der Waals surface area contributed by atoms with Gasteiger partial charge in [-0.05, 0) is 42.0 Å². The third kappa shape index (κ3) is 1.53. The third-order valence-electron chi connectivity index (χ3n) is 4.36. The summed E-state index contributed by atoms with van der Waals surface area (Å²) in [5, 5.41) is 0. The van der Waals surface area contributed by atoms with Crippen LogP contribution in [0.15, 0.2) is 45.8 Å². The summed E-state index contributed by atoms with van der Waals surface area (Å²) in [5.41, 5.74) is 1.85. The predicted molar refractivity (Wildman–Crippen MR) is 74.0 cm³/mol. The van der Waals surface area contributed by atoms with Crippen LogP contribution in [0.1, 0.15) is 18.4 Å². The second-order valence-electron chi connectivity index (χ2n) is 5.44. The number of hydrogen-bond acceptors (Lipinski definition) is 3. The van der Waals surface area contributed by atoms with Crippen molar-refractivity contribution in [3.8, 4) is 0 Å². The number of allylic oxidation sites excluding steroid dienone is 1. The molecule has 1 fully saturated rings. The zero-order valence-corrected chi connectivity index (χ0v) is 11.4. The molecule has 4 aliphatic rings. The van der Waals surface area contributed by atoms with E-state index in [4.69, 9.17) is 0 Å². The van der Waals surface area contributed by atoms with Crippen LogP contribution < -0.4 is 0 Å². The largest absolute Gasteiger partial charge is 0.377 e. The maximum atomic E-state index is 12.6. The van der Waals surface area contributed by atoms with E-state index in [1.165, 1.54) is 0 Å².